The molecule has 2 amide bonds. The van der Waals surface area contributed by atoms with Crippen molar-refractivity contribution < 1.29 is 9.59 Å². The Hall–Kier alpha value is -1.88. The summed E-state index contributed by atoms with van der Waals surface area (Å²) in [6, 6.07) is 5.67. The second-order valence-corrected chi connectivity index (χ2v) is 7.61. The Morgan fingerprint density at radius 1 is 1.16 bits per heavy atom. The Morgan fingerprint density at radius 2 is 1.72 bits per heavy atom. The summed E-state index contributed by atoms with van der Waals surface area (Å²) in [5, 5.41) is 5.67. The number of piperidine rings is 1. The van der Waals surface area contributed by atoms with Crippen LogP contribution >= 0.6 is 0 Å². The van der Waals surface area contributed by atoms with Crippen molar-refractivity contribution in [1.82, 2.24) is 10.2 Å². The summed E-state index contributed by atoms with van der Waals surface area (Å²) in [4.78, 5) is 26.8. The minimum Gasteiger partial charge on any atom is -0.346 e. The van der Waals surface area contributed by atoms with E-state index in [1.165, 1.54) is 6.42 Å². The van der Waals surface area contributed by atoms with E-state index in [0.717, 1.165) is 29.9 Å². The van der Waals surface area contributed by atoms with Crippen molar-refractivity contribution in [2.75, 3.05) is 25.0 Å². The lowest BCUT2D eigenvalue weighted by molar-refractivity contribution is -0.128. The first-order valence-electron chi connectivity index (χ1n) is 9.15. The SMILES string of the molecule is Cc1cccc(C)c1NC(=O)CNC(=O)[C@@H](C)N1C[C@H](C)C[C@H](C)C1. The first-order chi connectivity index (χ1) is 11.8. The predicted octanol–water partition coefficient (Wildman–Crippen LogP) is 2.72. The zero-order valence-electron chi connectivity index (χ0n) is 16.1. The second-order valence-electron chi connectivity index (χ2n) is 7.61. The molecule has 0 bridgehead atoms. The third-order valence-corrected chi connectivity index (χ3v) is 4.99. The highest BCUT2D eigenvalue weighted by atomic mass is 16.2. The van der Waals surface area contributed by atoms with Gasteiger partial charge in [-0.05, 0) is 50.2 Å². The van der Waals surface area contributed by atoms with Crippen molar-refractivity contribution in [3.63, 3.8) is 0 Å². The number of nitrogens with zero attached hydrogens (tertiary/aromatic N) is 1. The molecule has 0 saturated carbocycles. The summed E-state index contributed by atoms with van der Waals surface area (Å²) < 4.78 is 0. The van der Waals surface area contributed by atoms with Gasteiger partial charge in [-0.3, -0.25) is 14.5 Å². The average molecular weight is 345 g/mol. The summed E-state index contributed by atoms with van der Waals surface area (Å²) in [5.74, 6) is 0.925. The normalized spacial score (nSPS) is 22.3. The average Bonchev–Trinajstić information content (AvgIpc) is 2.54. The molecule has 1 aliphatic rings. The fraction of sp³-hybridized carbons (Fsp3) is 0.600. The van der Waals surface area contributed by atoms with Crippen molar-refractivity contribution in [3.8, 4) is 0 Å². The Labute approximate surface area is 151 Å². The zero-order chi connectivity index (χ0) is 18.6. The summed E-state index contributed by atoms with van der Waals surface area (Å²) in [7, 11) is 0. The summed E-state index contributed by atoms with van der Waals surface area (Å²) in [6.07, 6.45) is 1.21. The lowest BCUT2D eigenvalue weighted by atomic mass is 9.91. The van der Waals surface area contributed by atoms with Gasteiger partial charge >= 0.3 is 0 Å². The van der Waals surface area contributed by atoms with Gasteiger partial charge in [0, 0.05) is 18.8 Å². The first kappa shape index (κ1) is 19.4. The lowest BCUT2D eigenvalue weighted by Gasteiger charge is -2.38. The number of para-hydroxylation sites is 1. The summed E-state index contributed by atoms with van der Waals surface area (Å²) in [5.41, 5.74) is 2.86. The fourth-order valence-corrected chi connectivity index (χ4v) is 3.70. The van der Waals surface area contributed by atoms with E-state index in [1.807, 2.05) is 39.0 Å². The van der Waals surface area contributed by atoms with Gasteiger partial charge in [0.05, 0.1) is 12.6 Å². The van der Waals surface area contributed by atoms with Gasteiger partial charge in [0.2, 0.25) is 11.8 Å². The van der Waals surface area contributed by atoms with Crippen LogP contribution < -0.4 is 10.6 Å². The molecule has 25 heavy (non-hydrogen) atoms. The van der Waals surface area contributed by atoms with Gasteiger partial charge in [0.15, 0.2) is 0 Å². The van der Waals surface area contributed by atoms with E-state index < -0.39 is 0 Å². The summed E-state index contributed by atoms with van der Waals surface area (Å²) in [6.45, 7) is 12.2. The molecule has 2 rings (SSSR count). The lowest BCUT2D eigenvalue weighted by Crippen LogP contribution is -2.51. The van der Waals surface area contributed by atoms with Crippen molar-refractivity contribution in [2.45, 2.75) is 47.1 Å². The van der Waals surface area contributed by atoms with Gasteiger partial charge in [-0.25, -0.2) is 0 Å². The van der Waals surface area contributed by atoms with Gasteiger partial charge < -0.3 is 10.6 Å². The van der Waals surface area contributed by atoms with Gasteiger partial charge in [0.1, 0.15) is 0 Å². The van der Waals surface area contributed by atoms with Crippen molar-refractivity contribution in [2.24, 2.45) is 11.8 Å². The molecule has 1 fully saturated rings. The van der Waals surface area contributed by atoms with Gasteiger partial charge in [-0.1, -0.05) is 32.0 Å². The number of hydrogen-bond acceptors (Lipinski definition) is 3. The molecule has 1 aromatic carbocycles. The number of nitrogens with one attached hydrogen (secondary N) is 2. The van der Waals surface area contributed by atoms with E-state index >= 15 is 0 Å². The van der Waals surface area contributed by atoms with Crippen LogP contribution in [0.1, 0.15) is 38.3 Å². The van der Waals surface area contributed by atoms with Crippen LogP contribution in [0.4, 0.5) is 5.69 Å². The molecule has 0 radical (unpaired) electrons. The topological polar surface area (TPSA) is 61.4 Å². The molecule has 3 atom stereocenters. The molecule has 0 aromatic heterocycles. The second kappa shape index (κ2) is 8.48. The van der Waals surface area contributed by atoms with Crippen LogP contribution in [-0.2, 0) is 9.59 Å². The fourth-order valence-electron chi connectivity index (χ4n) is 3.70. The van der Waals surface area contributed by atoms with Crippen molar-refractivity contribution in [3.05, 3.63) is 29.3 Å². The van der Waals surface area contributed by atoms with Crippen LogP contribution in [0.5, 0.6) is 0 Å². The number of likely N-dealkylation sites (tertiary alicyclic amines) is 1. The summed E-state index contributed by atoms with van der Waals surface area (Å²) >= 11 is 0. The van der Waals surface area contributed by atoms with Crippen LogP contribution in [0, 0.1) is 25.7 Å². The van der Waals surface area contributed by atoms with Gasteiger partial charge in [-0.2, -0.15) is 0 Å². The zero-order valence-corrected chi connectivity index (χ0v) is 16.1. The Morgan fingerprint density at radius 3 is 2.28 bits per heavy atom. The van der Waals surface area contributed by atoms with E-state index in [9.17, 15) is 9.59 Å². The number of carbonyl (C=O) groups excluding carboxylic acids is 2. The Kier molecular flexibility index (Phi) is 6.59. The standard InChI is InChI=1S/C20H31N3O2/c1-13-9-14(2)12-23(11-13)17(5)20(25)21-10-18(24)22-19-15(3)7-6-8-16(19)4/h6-8,13-14,17H,9-12H2,1-5H3,(H,21,25)(H,22,24)/t13-,14+,17-/m1/s1. The maximum Gasteiger partial charge on any atom is 0.243 e. The van der Waals surface area contributed by atoms with Crippen molar-refractivity contribution >= 4 is 17.5 Å². The van der Waals surface area contributed by atoms with Crippen LogP contribution in [0.2, 0.25) is 0 Å². The van der Waals surface area contributed by atoms with Crippen LogP contribution in [0.25, 0.3) is 0 Å². The molecule has 0 aliphatic carbocycles. The molecule has 2 N–H and O–H groups in total. The van der Waals surface area contributed by atoms with E-state index in [1.54, 1.807) is 0 Å². The maximum absolute atomic E-state index is 12.4. The third-order valence-electron chi connectivity index (χ3n) is 4.99. The number of anilines is 1. The van der Waals surface area contributed by atoms with Gasteiger partial charge in [-0.15, -0.1) is 0 Å². The molecular weight excluding hydrogens is 314 g/mol. The van der Waals surface area contributed by atoms with Gasteiger partial charge in [0.25, 0.3) is 0 Å². The molecule has 138 valence electrons. The number of carbonyl (C=O) groups is 2. The number of benzene rings is 1. The quantitative estimate of drug-likeness (QED) is 0.862. The molecule has 5 nitrogen and oxygen atoms in total. The molecule has 1 aliphatic heterocycles. The van der Waals surface area contributed by atoms with Crippen LogP contribution in [0.15, 0.2) is 18.2 Å². The van der Waals surface area contributed by atoms with Crippen LogP contribution in [0.3, 0.4) is 0 Å². The predicted molar refractivity (Wildman–Crippen MR) is 102 cm³/mol. The highest BCUT2D eigenvalue weighted by molar-refractivity contribution is 5.96. The molecule has 1 heterocycles. The largest absolute Gasteiger partial charge is 0.346 e. The number of rotatable bonds is 5. The molecule has 0 unspecified atom stereocenters. The molecule has 1 saturated heterocycles. The molecule has 0 spiro atoms. The highest BCUT2D eigenvalue weighted by Gasteiger charge is 2.28. The first-order valence-corrected chi connectivity index (χ1v) is 9.15. The number of aryl methyl sites for hydroxylation is 2. The number of amides is 2. The monoisotopic (exact) mass is 345 g/mol. The van der Waals surface area contributed by atoms with E-state index in [2.05, 4.69) is 29.4 Å². The minimum absolute atomic E-state index is 0.00407. The highest BCUT2D eigenvalue weighted by Crippen LogP contribution is 2.22. The van der Waals surface area contributed by atoms with E-state index in [4.69, 9.17) is 0 Å². The molecular formula is C20H31N3O2. The van der Waals surface area contributed by atoms with Crippen molar-refractivity contribution in [1.29, 1.82) is 0 Å². The Balaban J connectivity index is 1.85. The van der Waals surface area contributed by atoms with Crippen LogP contribution in [-0.4, -0.2) is 42.4 Å². The molecule has 5 heteroatoms. The third kappa shape index (κ3) is 5.30. The Bertz CT molecular complexity index is 599. The van der Waals surface area contributed by atoms with E-state index in [-0.39, 0.29) is 24.4 Å². The van der Waals surface area contributed by atoms with E-state index in [0.29, 0.717) is 11.8 Å². The smallest absolute Gasteiger partial charge is 0.243 e. The molecule has 1 aromatic rings. The minimum atomic E-state index is -0.210. The maximum atomic E-state index is 12.4. The number of hydrogen-bond donors (Lipinski definition) is 2.